The Labute approximate surface area is 160 Å². The molecule has 0 atom stereocenters. The van der Waals surface area contributed by atoms with Crippen LogP contribution in [0.3, 0.4) is 0 Å². The van der Waals surface area contributed by atoms with Gasteiger partial charge in [0.15, 0.2) is 0 Å². The maximum Gasteiger partial charge on any atom is 0.142 e. The molecule has 1 aromatic heterocycles. The van der Waals surface area contributed by atoms with Gasteiger partial charge in [0.05, 0.1) is 17.9 Å². The Morgan fingerprint density at radius 3 is 1.96 bits per heavy atom. The van der Waals surface area contributed by atoms with Crippen LogP contribution in [0.1, 0.15) is 5.56 Å². The van der Waals surface area contributed by atoms with Crippen LogP contribution in [-0.2, 0) is 6.54 Å². The smallest absolute Gasteiger partial charge is 0.142 e. The molecule has 1 heterocycles. The van der Waals surface area contributed by atoms with Gasteiger partial charge in [-0.25, -0.2) is 4.98 Å². The Kier molecular flexibility index (Phi) is 4.60. The highest BCUT2D eigenvalue weighted by atomic mass is 15.1. The Morgan fingerprint density at radius 2 is 1.37 bits per heavy atom. The molecule has 27 heavy (non-hydrogen) atoms. The molecule has 0 N–H and O–H groups in total. The lowest BCUT2D eigenvalue weighted by Gasteiger charge is -2.11. The van der Waals surface area contributed by atoms with Crippen LogP contribution in [-0.4, -0.2) is 9.55 Å². The van der Waals surface area contributed by atoms with Crippen LogP contribution >= 0.6 is 0 Å². The highest BCUT2D eigenvalue weighted by Gasteiger charge is 2.20. The van der Waals surface area contributed by atoms with Crippen LogP contribution in [0.15, 0.2) is 84.9 Å². The van der Waals surface area contributed by atoms with Gasteiger partial charge in [0.25, 0.3) is 0 Å². The average Bonchev–Trinajstić information content (AvgIpc) is 3.09. The molecule has 0 spiro atoms. The molecule has 0 aliphatic rings. The minimum absolute atomic E-state index is 0.466. The highest BCUT2D eigenvalue weighted by molar-refractivity contribution is 5.82. The first-order valence-corrected chi connectivity index (χ1v) is 9.00. The van der Waals surface area contributed by atoms with Gasteiger partial charge in [-0.2, -0.15) is 0 Å². The van der Waals surface area contributed by atoms with E-state index in [0.717, 1.165) is 33.9 Å². The molecule has 0 radical (unpaired) electrons. The Balaban J connectivity index is 2.02. The predicted octanol–water partition coefficient (Wildman–Crippen LogP) is 5.83. The maximum atomic E-state index is 5.73. The van der Waals surface area contributed by atoms with Gasteiger partial charge in [0, 0.05) is 16.7 Å². The van der Waals surface area contributed by atoms with Crippen molar-refractivity contribution in [3.8, 4) is 46.2 Å². The van der Waals surface area contributed by atoms with E-state index in [-0.39, 0.29) is 0 Å². The summed E-state index contributed by atoms with van der Waals surface area (Å²) in [6.45, 7) is 2.55. The number of nitrogens with zero attached hydrogens (tertiary/aromatic N) is 2. The number of aryl methyl sites for hydroxylation is 1. The topological polar surface area (TPSA) is 17.8 Å². The quantitative estimate of drug-likeness (QED) is 0.425. The second-order valence-corrected chi connectivity index (χ2v) is 6.52. The van der Waals surface area contributed by atoms with E-state index in [1.807, 2.05) is 36.4 Å². The summed E-state index contributed by atoms with van der Waals surface area (Å²) < 4.78 is 2.14. The zero-order valence-corrected chi connectivity index (χ0v) is 15.3. The lowest BCUT2D eigenvalue weighted by atomic mass is 10.0. The first-order valence-electron chi connectivity index (χ1n) is 9.00. The molecular formula is C25H20N2. The number of benzene rings is 3. The maximum absolute atomic E-state index is 5.73. The normalized spacial score (nSPS) is 10.5. The minimum Gasteiger partial charge on any atom is -0.312 e. The van der Waals surface area contributed by atoms with Crippen molar-refractivity contribution in [2.45, 2.75) is 13.5 Å². The van der Waals surface area contributed by atoms with Gasteiger partial charge in [-0.05, 0) is 6.92 Å². The summed E-state index contributed by atoms with van der Waals surface area (Å²) in [5, 5.41) is 0. The number of aromatic nitrogens is 2. The van der Waals surface area contributed by atoms with Crippen molar-refractivity contribution in [1.29, 1.82) is 0 Å². The molecule has 0 fully saturated rings. The first-order chi connectivity index (χ1) is 13.3. The number of imidazole rings is 1. The Morgan fingerprint density at radius 1 is 0.778 bits per heavy atom. The molecule has 3 aromatic carbocycles. The molecule has 4 aromatic rings. The van der Waals surface area contributed by atoms with E-state index in [1.54, 1.807) is 0 Å². The molecule has 4 rings (SSSR count). The molecule has 2 nitrogen and oxygen atoms in total. The fraction of sp³-hybridized carbons (Fsp3) is 0.0800. The van der Waals surface area contributed by atoms with Crippen LogP contribution in [0.2, 0.25) is 0 Å². The van der Waals surface area contributed by atoms with Crippen LogP contribution < -0.4 is 0 Å². The summed E-state index contributed by atoms with van der Waals surface area (Å²) in [6.07, 6.45) is 5.73. The van der Waals surface area contributed by atoms with Crippen LogP contribution in [0.25, 0.3) is 33.9 Å². The van der Waals surface area contributed by atoms with Gasteiger partial charge >= 0.3 is 0 Å². The first kappa shape index (κ1) is 16.9. The third kappa shape index (κ3) is 3.28. The van der Waals surface area contributed by atoms with Crippen LogP contribution in [0.5, 0.6) is 0 Å². The molecule has 0 unspecified atom stereocenters. The van der Waals surface area contributed by atoms with E-state index in [0.29, 0.717) is 6.54 Å². The van der Waals surface area contributed by atoms with Gasteiger partial charge in [-0.1, -0.05) is 96.4 Å². The van der Waals surface area contributed by atoms with E-state index in [1.165, 1.54) is 5.56 Å². The Hall–Kier alpha value is -3.57. The van der Waals surface area contributed by atoms with Gasteiger partial charge in [-0.15, -0.1) is 6.42 Å². The molecular weight excluding hydrogens is 328 g/mol. The number of rotatable bonds is 4. The predicted molar refractivity (Wildman–Crippen MR) is 112 cm³/mol. The summed E-state index contributed by atoms with van der Waals surface area (Å²) in [7, 11) is 0. The molecule has 2 heteroatoms. The molecule has 0 saturated heterocycles. The standard InChI is InChI=1S/C25H20N2/c1-3-18-27-24(21-12-8-5-9-13-21)23(20-10-6-4-7-11-20)26-25(27)22-16-14-19(2)15-17-22/h1,4-17H,18H2,2H3. The summed E-state index contributed by atoms with van der Waals surface area (Å²) in [5.41, 5.74) is 6.48. The monoisotopic (exact) mass is 348 g/mol. The zero-order chi connectivity index (χ0) is 18.6. The van der Waals surface area contributed by atoms with E-state index < -0.39 is 0 Å². The van der Waals surface area contributed by atoms with Crippen molar-refractivity contribution in [2.24, 2.45) is 0 Å². The fourth-order valence-electron chi connectivity index (χ4n) is 3.31. The number of terminal acetylenes is 1. The summed E-state index contributed by atoms with van der Waals surface area (Å²) in [5.74, 6) is 3.70. The van der Waals surface area contributed by atoms with E-state index in [9.17, 15) is 0 Å². The summed E-state index contributed by atoms with van der Waals surface area (Å²) in [4.78, 5) is 5.04. The third-order valence-electron chi connectivity index (χ3n) is 4.62. The van der Waals surface area contributed by atoms with Gasteiger partial charge < -0.3 is 4.57 Å². The van der Waals surface area contributed by atoms with Crippen molar-refractivity contribution in [3.63, 3.8) is 0 Å². The van der Waals surface area contributed by atoms with Crippen molar-refractivity contribution in [1.82, 2.24) is 9.55 Å². The van der Waals surface area contributed by atoms with Crippen molar-refractivity contribution >= 4 is 0 Å². The van der Waals surface area contributed by atoms with E-state index >= 15 is 0 Å². The van der Waals surface area contributed by atoms with Crippen molar-refractivity contribution < 1.29 is 0 Å². The molecule has 0 bridgehead atoms. The lowest BCUT2D eigenvalue weighted by Crippen LogP contribution is -2.01. The van der Waals surface area contributed by atoms with E-state index in [4.69, 9.17) is 11.4 Å². The van der Waals surface area contributed by atoms with Gasteiger partial charge in [0.2, 0.25) is 0 Å². The van der Waals surface area contributed by atoms with Gasteiger partial charge in [0.1, 0.15) is 5.82 Å². The van der Waals surface area contributed by atoms with Crippen molar-refractivity contribution in [3.05, 3.63) is 90.5 Å². The second-order valence-electron chi connectivity index (χ2n) is 6.52. The fourth-order valence-corrected chi connectivity index (χ4v) is 3.31. The molecule has 0 aliphatic heterocycles. The van der Waals surface area contributed by atoms with Crippen molar-refractivity contribution in [2.75, 3.05) is 0 Å². The highest BCUT2D eigenvalue weighted by Crippen LogP contribution is 2.36. The summed E-state index contributed by atoms with van der Waals surface area (Å²) in [6, 6.07) is 29.0. The summed E-state index contributed by atoms with van der Waals surface area (Å²) >= 11 is 0. The largest absolute Gasteiger partial charge is 0.312 e. The molecule has 0 aliphatic carbocycles. The van der Waals surface area contributed by atoms with Crippen LogP contribution in [0, 0.1) is 19.3 Å². The Bertz CT molecular complexity index is 1080. The number of hydrogen-bond donors (Lipinski definition) is 0. The SMILES string of the molecule is C#CCn1c(-c2ccc(C)cc2)nc(-c2ccccc2)c1-c1ccccc1. The van der Waals surface area contributed by atoms with Gasteiger partial charge in [-0.3, -0.25) is 0 Å². The second kappa shape index (κ2) is 7.35. The lowest BCUT2D eigenvalue weighted by molar-refractivity contribution is 0.859. The number of hydrogen-bond acceptors (Lipinski definition) is 1. The molecule has 0 amide bonds. The zero-order valence-electron chi connectivity index (χ0n) is 15.3. The van der Waals surface area contributed by atoms with Crippen LogP contribution in [0.4, 0.5) is 0 Å². The third-order valence-corrected chi connectivity index (χ3v) is 4.62. The van der Waals surface area contributed by atoms with E-state index in [2.05, 4.69) is 65.9 Å². The molecule has 0 saturated carbocycles. The molecule has 130 valence electrons. The average molecular weight is 348 g/mol. The minimum atomic E-state index is 0.466.